The van der Waals surface area contributed by atoms with E-state index in [0.29, 0.717) is 0 Å². The fourth-order valence-electron chi connectivity index (χ4n) is 3.91. The minimum Gasteiger partial charge on any atom is -0.204 e. The maximum Gasteiger partial charge on any atom is 0.273 e. The minimum absolute atomic E-state index is 0.267. The van der Waals surface area contributed by atoms with Crippen molar-refractivity contribution in [2.24, 2.45) is 0 Å². The summed E-state index contributed by atoms with van der Waals surface area (Å²) >= 11 is 0. The zero-order chi connectivity index (χ0) is 31.2. The number of rotatable bonds is 7. The SMILES string of the molecule is CC(C)(C)c1ccc(S(=O)(=O)[N]N(S(=O)(=O)c2ccc(C(C)(C)C)cc2)S(=O)(=O)c2ccc(C(C)(C)C)cc2)cc1. The van der Waals surface area contributed by atoms with Gasteiger partial charge in [-0.05, 0) is 69.3 Å². The molecule has 0 aliphatic rings. The molecular formula is C30H39N2O6S3. The second-order valence-corrected chi connectivity index (χ2v) is 18.4. The highest BCUT2D eigenvalue weighted by atomic mass is 32.3. The van der Waals surface area contributed by atoms with Crippen LogP contribution in [0.3, 0.4) is 0 Å². The number of sulfonamides is 3. The molecule has 3 aromatic rings. The average Bonchev–Trinajstić information content (AvgIpc) is 2.86. The summed E-state index contributed by atoms with van der Waals surface area (Å²) in [5, 5.41) is 0. The lowest BCUT2D eigenvalue weighted by molar-refractivity contribution is 0.463. The van der Waals surface area contributed by atoms with Crippen LogP contribution in [0.1, 0.15) is 79.0 Å². The molecule has 0 unspecified atom stereocenters. The average molecular weight is 620 g/mol. The molecule has 0 fully saturated rings. The fraction of sp³-hybridized carbons (Fsp3) is 0.400. The Kier molecular flexibility index (Phi) is 8.78. The molecule has 11 heteroatoms. The van der Waals surface area contributed by atoms with Crippen LogP contribution in [0.2, 0.25) is 0 Å². The Balaban J connectivity index is 2.17. The molecule has 0 aliphatic carbocycles. The molecule has 0 saturated heterocycles. The topological polar surface area (TPSA) is 120 Å². The van der Waals surface area contributed by atoms with E-state index in [1.54, 1.807) is 36.4 Å². The molecule has 223 valence electrons. The molecule has 3 aromatic carbocycles. The third kappa shape index (κ3) is 7.26. The molecule has 8 nitrogen and oxygen atoms in total. The van der Waals surface area contributed by atoms with Gasteiger partial charge in [0.1, 0.15) is 0 Å². The third-order valence-corrected chi connectivity index (χ3v) is 12.0. The summed E-state index contributed by atoms with van der Waals surface area (Å²) < 4.78 is 81.8. The Labute approximate surface area is 245 Å². The lowest BCUT2D eigenvalue weighted by atomic mass is 9.87. The maximum atomic E-state index is 13.8. The molecule has 0 atom stereocenters. The van der Waals surface area contributed by atoms with Gasteiger partial charge in [0.15, 0.2) is 0 Å². The van der Waals surface area contributed by atoms with Crippen LogP contribution in [-0.2, 0) is 46.3 Å². The Morgan fingerprint density at radius 3 is 0.927 bits per heavy atom. The summed E-state index contributed by atoms with van der Waals surface area (Å²) in [6, 6.07) is 17.0. The summed E-state index contributed by atoms with van der Waals surface area (Å²) in [4.78, 5) is 2.27. The van der Waals surface area contributed by atoms with E-state index in [0.717, 1.165) is 16.7 Å². The van der Waals surface area contributed by atoms with E-state index >= 15 is 0 Å². The van der Waals surface area contributed by atoms with E-state index in [1.165, 1.54) is 36.4 Å². The van der Waals surface area contributed by atoms with Crippen LogP contribution < -0.4 is 4.83 Å². The van der Waals surface area contributed by atoms with Crippen LogP contribution in [0, 0.1) is 0 Å². The lowest BCUT2D eigenvalue weighted by Gasteiger charge is -2.23. The second kappa shape index (κ2) is 10.9. The van der Waals surface area contributed by atoms with E-state index in [4.69, 9.17) is 0 Å². The van der Waals surface area contributed by atoms with Crippen LogP contribution in [0.4, 0.5) is 0 Å². The van der Waals surface area contributed by atoms with Crippen LogP contribution >= 0.6 is 0 Å². The zero-order valence-electron chi connectivity index (χ0n) is 25.0. The molecule has 0 spiro atoms. The zero-order valence-corrected chi connectivity index (χ0v) is 27.4. The normalized spacial score (nSPS) is 13.9. The first-order valence-electron chi connectivity index (χ1n) is 13.1. The smallest absolute Gasteiger partial charge is 0.204 e. The number of hydrogen-bond acceptors (Lipinski definition) is 6. The molecule has 3 rings (SSSR count). The molecule has 0 N–H and O–H groups in total. The summed E-state index contributed by atoms with van der Waals surface area (Å²) in [5.41, 5.74) is 1.60. The van der Waals surface area contributed by atoms with Crippen molar-refractivity contribution in [1.29, 1.82) is 0 Å². The predicted octanol–water partition coefficient (Wildman–Crippen LogP) is 5.87. The van der Waals surface area contributed by atoms with Gasteiger partial charge in [-0.3, -0.25) is 0 Å². The Morgan fingerprint density at radius 1 is 0.439 bits per heavy atom. The predicted molar refractivity (Wildman–Crippen MR) is 161 cm³/mol. The van der Waals surface area contributed by atoms with Gasteiger partial charge in [0.2, 0.25) is 0 Å². The van der Waals surface area contributed by atoms with Crippen molar-refractivity contribution < 1.29 is 25.3 Å². The van der Waals surface area contributed by atoms with Crippen LogP contribution in [0.5, 0.6) is 0 Å². The van der Waals surface area contributed by atoms with Gasteiger partial charge < -0.3 is 0 Å². The van der Waals surface area contributed by atoms with E-state index in [1.807, 2.05) is 62.3 Å². The van der Waals surface area contributed by atoms with Crippen molar-refractivity contribution in [2.45, 2.75) is 93.2 Å². The molecule has 0 saturated carbocycles. The Bertz CT molecular complexity index is 1620. The van der Waals surface area contributed by atoms with Crippen molar-refractivity contribution in [3.63, 3.8) is 0 Å². The van der Waals surface area contributed by atoms with Crippen molar-refractivity contribution in [2.75, 3.05) is 0 Å². The first-order chi connectivity index (χ1) is 18.5. The summed E-state index contributed by atoms with van der Waals surface area (Å²) in [6.45, 7) is 17.5. The molecule has 0 amide bonds. The summed E-state index contributed by atoms with van der Waals surface area (Å²) in [6.07, 6.45) is 0. The number of hydrogen-bond donors (Lipinski definition) is 0. The highest BCUT2D eigenvalue weighted by Crippen LogP contribution is 2.30. The van der Waals surface area contributed by atoms with Crippen molar-refractivity contribution >= 4 is 30.1 Å². The van der Waals surface area contributed by atoms with Gasteiger partial charge in [0.05, 0.1) is 14.7 Å². The van der Waals surface area contributed by atoms with Gasteiger partial charge in [0, 0.05) is 8.65 Å². The molecule has 0 heterocycles. The standard InChI is InChI=1S/C30H39N2O6S3/c1-28(2,3)22-10-16-25(17-11-22)39(33,34)31-32(40(35,36)26-18-12-23(13-19-26)29(4,5)6)41(37,38)27-20-14-24(15-21-27)30(7,8)9/h10-21H,1-9H3. The molecular weight excluding hydrogens is 581 g/mol. The monoisotopic (exact) mass is 619 g/mol. The maximum absolute atomic E-state index is 13.8. The summed E-state index contributed by atoms with van der Waals surface area (Å²) in [5.74, 6) is 0. The van der Waals surface area contributed by atoms with E-state index in [-0.39, 0.29) is 25.0 Å². The van der Waals surface area contributed by atoms with Gasteiger partial charge in [0.25, 0.3) is 30.1 Å². The quantitative estimate of drug-likeness (QED) is 0.305. The largest absolute Gasteiger partial charge is 0.273 e. The van der Waals surface area contributed by atoms with Crippen molar-refractivity contribution in [3.05, 3.63) is 89.5 Å². The van der Waals surface area contributed by atoms with Crippen LogP contribution in [-0.4, -0.2) is 29.1 Å². The molecule has 0 aliphatic heterocycles. The van der Waals surface area contributed by atoms with Gasteiger partial charge in [-0.2, -0.15) is 0 Å². The van der Waals surface area contributed by atoms with E-state index in [2.05, 4.69) is 4.83 Å². The number of benzene rings is 3. The van der Waals surface area contributed by atoms with Crippen LogP contribution in [0.15, 0.2) is 87.5 Å². The fourth-order valence-corrected chi connectivity index (χ4v) is 8.76. The van der Waals surface area contributed by atoms with Gasteiger partial charge in [-0.1, -0.05) is 98.7 Å². The Morgan fingerprint density at radius 2 is 0.683 bits per heavy atom. The number of nitrogens with zero attached hydrogens (tertiary/aromatic N) is 2. The molecule has 41 heavy (non-hydrogen) atoms. The lowest BCUT2D eigenvalue weighted by Crippen LogP contribution is -2.44. The molecule has 0 aromatic heterocycles. The van der Waals surface area contributed by atoms with Crippen molar-refractivity contribution in [1.82, 2.24) is 8.65 Å². The Hall–Kier alpha value is -2.57. The van der Waals surface area contributed by atoms with Crippen molar-refractivity contribution in [3.8, 4) is 0 Å². The van der Waals surface area contributed by atoms with Gasteiger partial charge >= 0.3 is 0 Å². The highest BCUT2D eigenvalue weighted by molar-refractivity contribution is 8.04. The van der Waals surface area contributed by atoms with Crippen LogP contribution in [0.25, 0.3) is 0 Å². The van der Waals surface area contributed by atoms with Gasteiger partial charge in [-0.15, -0.1) is 0 Å². The molecule has 1 radical (unpaired) electrons. The molecule has 0 bridgehead atoms. The van der Waals surface area contributed by atoms with E-state index < -0.39 is 39.9 Å². The second-order valence-electron chi connectivity index (χ2n) is 13.1. The first kappa shape index (κ1) is 32.9. The van der Waals surface area contributed by atoms with Gasteiger partial charge in [-0.25, -0.2) is 25.3 Å². The highest BCUT2D eigenvalue weighted by Gasteiger charge is 2.42. The minimum atomic E-state index is -4.98. The van der Waals surface area contributed by atoms with E-state index in [9.17, 15) is 25.3 Å². The first-order valence-corrected chi connectivity index (χ1v) is 17.4. The summed E-state index contributed by atoms with van der Waals surface area (Å²) in [7, 11) is -14.7. The third-order valence-electron chi connectivity index (χ3n) is 6.64.